The maximum atomic E-state index is 13.6. The fraction of sp³-hybridized carbons (Fsp3) is 0.542. The van der Waals surface area contributed by atoms with Crippen LogP contribution in [0.5, 0.6) is 5.88 Å². The van der Waals surface area contributed by atoms with E-state index in [0.717, 1.165) is 25.7 Å². The van der Waals surface area contributed by atoms with Crippen LogP contribution < -0.4 is 15.4 Å². The minimum Gasteiger partial charge on any atom is -0.475 e. The second-order valence-corrected chi connectivity index (χ2v) is 11.6. The Morgan fingerprint density at radius 3 is 2.74 bits per heavy atom. The molecule has 0 saturated carbocycles. The molecule has 2 aliphatic rings. The van der Waals surface area contributed by atoms with E-state index in [-0.39, 0.29) is 38.8 Å². The molecule has 2 aromatic heterocycles. The maximum absolute atomic E-state index is 13.6. The van der Waals surface area contributed by atoms with Crippen molar-refractivity contribution in [1.29, 1.82) is 0 Å². The van der Waals surface area contributed by atoms with Crippen molar-refractivity contribution in [2.45, 2.75) is 68.0 Å². The molecule has 2 unspecified atom stereocenters. The van der Waals surface area contributed by atoms with Gasteiger partial charge in [0.25, 0.3) is 5.91 Å². The molecule has 2 N–H and O–H groups in total. The van der Waals surface area contributed by atoms with Gasteiger partial charge in [-0.15, -0.1) is 0 Å². The first-order valence-electron chi connectivity index (χ1n) is 11.6. The Morgan fingerprint density at radius 1 is 1.29 bits per heavy atom. The van der Waals surface area contributed by atoms with Gasteiger partial charge < -0.3 is 20.1 Å². The van der Waals surface area contributed by atoms with Crippen LogP contribution in [0.25, 0.3) is 0 Å². The largest absolute Gasteiger partial charge is 0.475 e. The van der Waals surface area contributed by atoms with Crippen LogP contribution in [0.1, 0.15) is 56.8 Å². The van der Waals surface area contributed by atoms with Gasteiger partial charge in [-0.25, -0.2) is 18.4 Å². The zero-order valence-corrected chi connectivity index (χ0v) is 20.7. The lowest BCUT2D eigenvalue weighted by molar-refractivity contribution is -0.0120. The summed E-state index contributed by atoms with van der Waals surface area (Å²) in [7, 11) is -4.17. The molecule has 34 heavy (non-hydrogen) atoms. The molecular formula is C24H32N4O5S. The summed E-state index contributed by atoms with van der Waals surface area (Å²) in [4.78, 5) is 22.9. The van der Waals surface area contributed by atoms with Gasteiger partial charge in [0.05, 0.1) is 11.0 Å². The molecule has 4 rings (SSSR count). The van der Waals surface area contributed by atoms with Gasteiger partial charge in [0.2, 0.25) is 15.7 Å². The molecule has 2 fully saturated rings. The van der Waals surface area contributed by atoms with Gasteiger partial charge >= 0.3 is 0 Å². The second kappa shape index (κ2) is 9.50. The predicted molar refractivity (Wildman–Crippen MR) is 127 cm³/mol. The van der Waals surface area contributed by atoms with Crippen LogP contribution in [0.2, 0.25) is 0 Å². The third-order valence-electron chi connectivity index (χ3n) is 6.42. The van der Waals surface area contributed by atoms with Crippen LogP contribution in [0.15, 0.2) is 40.4 Å². The SMILES string of the molecule is CC1CN(c2nccc(S(=O)(=O)c3cccc(OCC4CCCCO4)n3)c2C(N)=O)C(C)(C)C1. The summed E-state index contributed by atoms with van der Waals surface area (Å²) in [6, 6.07) is 5.85. The van der Waals surface area contributed by atoms with Crippen molar-refractivity contribution in [1.82, 2.24) is 9.97 Å². The summed E-state index contributed by atoms with van der Waals surface area (Å²) >= 11 is 0. The first-order chi connectivity index (χ1) is 16.1. The smallest absolute Gasteiger partial charge is 0.253 e. The van der Waals surface area contributed by atoms with Crippen LogP contribution in [0.4, 0.5) is 5.82 Å². The molecule has 0 aliphatic carbocycles. The van der Waals surface area contributed by atoms with Gasteiger partial charge in [-0.05, 0) is 57.6 Å². The molecule has 2 saturated heterocycles. The molecule has 0 bridgehead atoms. The Hall–Kier alpha value is -2.72. The standard InChI is InChI=1S/C24H32N4O5S/c1-16-13-24(2,3)28(14-16)23-21(22(25)29)18(10-11-26-23)34(30,31)20-9-6-8-19(27-20)33-15-17-7-4-5-12-32-17/h6,8-11,16-17H,4-5,7,12-15H2,1-3H3,(H2,25,29). The fourth-order valence-corrected chi connectivity index (χ4v) is 6.30. The highest BCUT2D eigenvalue weighted by atomic mass is 32.2. The van der Waals surface area contributed by atoms with Gasteiger partial charge in [0.1, 0.15) is 18.0 Å². The number of carbonyl (C=O) groups is 1. The van der Waals surface area contributed by atoms with Crippen LogP contribution >= 0.6 is 0 Å². The van der Waals surface area contributed by atoms with Crippen molar-refractivity contribution in [2.75, 3.05) is 24.7 Å². The Bertz CT molecular complexity index is 1160. The third kappa shape index (κ3) is 4.88. The number of pyridine rings is 2. The number of anilines is 1. The number of primary amides is 1. The summed E-state index contributed by atoms with van der Waals surface area (Å²) in [5.41, 5.74) is 5.30. The van der Waals surface area contributed by atoms with E-state index in [1.54, 1.807) is 12.1 Å². The number of aromatic nitrogens is 2. The predicted octanol–water partition coefficient (Wildman–Crippen LogP) is 2.98. The normalized spacial score (nSPS) is 22.5. The number of rotatable bonds is 7. The van der Waals surface area contributed by atoms with E-state index in [1.807, 2.05) is 18.7 Å². The van der Waals surface area contributed by atoms with E-state index in [4.69, 9.17) is 15.2 Å². The molecule has 0 spiro atoms. The zero-order chi connectivity index (χ0) is 24.5. The number of carbonyl (C=O) groups excluding carboxylic acids is 1. The molecule has 0 aromatic carbocycles. The van der Waals surface area contributed by atoms with Crippen LogP contribution in [0, 0.1) is 5.92 Å². The van der Waals surface area contributed by atoms with E-state index in [2.05, 4.69) is 16.9 Å². The lowest BCUT2D eigenvalue weighted by Gasteiger charge is -2.33. The average Bonchev–Trinajstić information content (AvgIpc) is 3.09. The molecule has 9 nitrogen and oxygen atoms in total. The van der Waals surface area contributed by atoms with Crippen molar-refractivity contribution in [3.63, 3.8) is 0 Å². The summed E-state index contributed by atoms with van der Waals surface area (Å²) < 4.78 is 38.6. The van der Waals surface area contributed by atoms with Crippen LogP contribution in [-0.2, 0) is 14.6 Å². The molecule has 1 amide bonds. The van der Waals surface area contributed by atoms with Crippen molar-refractivity contribution in [3.8, 4) is 5.88 Å². The molecule has 2 atom stereocenters. The summed E-state index contributed by atoms with van der Waals surface area (Å²) in [6.45, 7) is 7.84. The minimum atomic E-state index is -4.17. The van der Waals surface area contributed by atoms with Gasteiger partial charge in [0, 0.05) is 31.0 Å². The molecule has 184 valence electrons. The highest BCUT2D eigenvalue weighted by Gasteiger charge is 2.40. The fourth-order valence-electron chi connectivity index (χ4n) is 4.91. The van der Waals surface area contributed by atoms with Gasteiger partial charge in [-0.3, -0.25) is 4.79 Å². The number of nitrogens with zero attached hydrogens (tertiary/aromatic N) is 3. The Labute approximate surface area is 200 Å². The first kappa shape index (κ1) is 24.4. The van der Waals surface area contributed by atoms with Crippen molar-refractivity contribution in [2.24, 2.45) is 11.7 Å². The monoisotopic (exact) mass is 488 g/mol. The van der Waals surface area contributed by atoms with E-state index in [1.165, 1.54) is 18.3 Å². The van der Waals surface area contributed by atoms with Crippen LogP contribution in [0.3, 0.4) is 0 Å². The molecule has 2 aliphatic heterocycles. The van der Waals surface area contributed by atoms with E-state index in [0.29, 0.717) is 25.7 Å². The number of hydrogen-bond acceptors (Lipinski definition) is 8. The van der Waals surface area contributed by atoms with Gasteiger partial charge in [0.15, 0.2) is 5.03 Å². The first-order valence-corrected chi connectivity index (χ1v) is 13.1. The quantitative estimate of drug-likeness (QED) is 0.631. The molecular weight excluding hydrogens is 456 g/mol. The highest BCUT2D eigenvalue weighted by Crippen LogP contribution is 2.39. The van der Waals surface area contributed by atoms with Gasteiger partial charge in [-0.1, -0.05) is 13.0 Å². The zero-order valence-electron chi connectivity index (χ0n) is 19.9. The van der Waals surface area contributed by atoms with E-state index < -0.39 is 15.7 Å². The number of amides is 1. The number of ether oxygens (including phenoxy) is 2. The Balaban J connectivity index is 1.68. The second-order valence-electron chi connectivity index (χ2n) is 9.72. The molecule has 0 radical (unpaired) electrons. The lowest BCUT2D eigenvalue weighted by atomic mass is 9.97. The Kier molecular flexibility index (Phi) is 6.82. The van der Waals surface area contributed by atoms with E-state index >= 15 is 0 Å². The highest BCUT2D eigenvalue weighted by molar-refractivity contribution is 7.91. The Morgan fingerprint density at radius 2 is 2.09 bits per heavy atom. The average molecular weight is 489 g/mol. The minimum absolute atomic E-state index is 0.0359. The van der Waals surface area contributed by atoms with Crippen LogP contribution in [-0.4, -0.2) is 55.7 Å². The summed E-state index contributed by atoms with van der Waals surface area (Å²) in [6.07, 6.45) is 5.25. The van der Waals surface area contributed by atoms with Crippen molar-refractivity contribution >= 4 is 21.6 Å². The lowest BCUT2D eigenvalue weighted by Crippen LogP contribution is -2.40. The topological polar surface area (TPSA) is 125 Å². The van der Waals surface area contributed by atoms with Crippen molar-refractivity contribution < 1.29 is 22.7 Å². The van der Waals surface area contributed by atoms with Gasteiger partial charge in [-0.2, -0.15) is 0 Å². The van der Waals surface area contributed by atoms with Crippen molar-refractivity contribution in [3.05, 3.63) is 36.0 Å². The number of hydrogen-bond donors (Lipinski definition) is 1. The molecule has 10 heteroatoms. The summed E-state index contributed by atoms with van der Waals surface area (Å²) in [5.74, 6) is -0.0234. The molecule has 2 aromatic rings. The maximum Gasteiger partial charge on any atom is 0.253 e. The van der Waals surface area contributed by atoms with E-state index in [9.17, 15) is 13.2 Å². The summed E-state index contributed by atoms with van der Waals surface area (Å²) in [5, 5.41) is -0.219. The number of sulfone groups is 1. The number of nitrogens with two attached hydrogens (primary N) is 1. The molecule has 4 heterocycles. The third-order valence-corrected chi connectivity index (χ3v) is 8.12.